The first-order valence-electron chi connectivity index (χ1n) is 14.4. The van der Waals surface area contributed by atoms with Crippen LogP contribution in [0.2, 0.25) is 0 Å². The van der Waals surface area contributed by atoms with Crippen molar-refractivity contribution in [2.45, 2.75) is 0 Å². The molecule has 0 aliphatic carbocycles. The van der Waals surface area contributed by atoms with Crippen molar-refractivity contribution in [1.29, 1.82) is 0 Å². The molecule has 8 aromatic rings. The first kappa shape index (κ1) is 24.9. The fraction of sp³-hybridized carbons (Fsp3) is 0. The summed E-state index contributed by atoms with van der Waals surface area (Å²) in [7, 11) is 0. The lowest BCUT2D eigenvalue weighted by Gasteiger charge is -2.14. The molecule has 43 heavy (non-hydrogen) atoms. The van der Waals surface area contributed by atoms with Crippen LogP contribution in [0.1, 0.15) is 0 Å². The summed E-state index contributed by atoms with van der Waals surface area (Å²) in [5.74, 6) is 1.62. The molecule has 0 saturated heterocycles. The molecule has 0 saturated carbocycles. The normalized spacial score (nSPS) is 11.3. The summed E-state index contributed by atoms with van der Waals surface area (Å²) in [6.45, 7) is 0. The summed E-state index contributed by atoms with van der Waals surface area (Å²) >= 11 is 0. The fourth-order valence-corrected chi connectivity index (χ4v) is 5.85. The Morgan fingerprint density at radius 2 is 1.00 bits per heavy atom. The SMILES string of the molecule is c1ccc(-c2nnc(-c3ccc(-c4ccc(-c5ccc6ccccc6n5)cc4)c4ccccc34)n2-c2ccccc2)cc1. The van der Waals surface area contributed by atoms with E-state index in [9.17, 15) is 0 Å². The van der Waals surface area contributed by atoms with Crippen LogP contribution in [-0.2, 0) is 0 Å². The maximum atomic E-state index is 4.88. The molecular weight excluding hydrogens is 524 g/mol. The van der Waals surface area contributed by atoms with E-state index in [0.29, 0.717) is 0 Å². The second kappa shape index (κ2) is 10.5. The summed E-state index contributed by atoms with van der Waals surface area (Å²) in [5, 5.41) is 12.9. The summed E-state index contributed by atoms with van der Waals surface area (Å²) in [5.41, 5.74) is 8.48. The van der Waals surface area contributed by atoms with Crippen LogP contribution in [0.5, 0.6) is 0 Å². The average Bonchev–Trinajstić information content (AvgIpc) is 3.53. The first-order valence-corrected chi connectivity index (χ1v) is 14.4. The van der Waals surface area contributed by atoms with Gasteiger partial charge in [0.2, 0.25) is 0 Å². The highest BCUT2D eigenvalue weighted by molar-refractivity contribution is 6.04. The third kappa shape index (κ3) is 4.46. The van der Waals surface area contributed by atoms with Gasteiger partial charge >= 0.3 is 0 Å². The molecule has 2 heterocycles. The molecule has 6 aromatic carbocycles. The fourth-order valence-electron chi connectivity index (χ4n) is 5.85. The van der Waals surface area contributed by atoms with Crippen molar-refractivity contribution in [2.75, 3.05) is 0 Å². The van der Waals surface area contributed by atoms with Gasteiger partial charge < -0.3 is 0 Å². The lowest BCUT2D eigenvalue weighted by Crippen LogP contribution is -2.00. The number of para-hydroxylation sites is 2. The van der Waals surface area contributed by atoms with Crippen LogP contribution in [0.25, 0.3) is 72.5 Å². The van der Waals surface area contributed by atoms with Crippen LogP contribution in [0, 0.1) is 0 Å². The minimum atomic E-state index is 0.811. The summed E-state index contributed by atoms with van der Waals surface area (Å²) in [4.78, 5) is 4.88. The topological polar surface area (TPSA) is 43.6 Å². The van der Waals surface area contributed by atoms with Crippen LogP contribution in [-0.4, -0.2) is 19.7 Å². The van der Waals surface area contributed by atoms with Crippen molar-refractivity contribution in [3.63, 3.8) is 0 Å². The van der Waals surface area contributed by atoms with Gasteiger partial charge in [-0.2, -0.15) is 0 Å². The highest BCUT2D eigenvalue weighted by atomic mass is 15.3. The largest absolute Gasteiger partial charge is 0.275 e. The third-order valence-electron chi connectivity index (χ3n) is 7.96. The average molecular weight is 551 g/mol. The molecule has 2 aromatic heterocycles. The van der Waals surface area contributed by atoms with Crippen molar-refractivity contribution >= 4 is 21.7 Å². The molecule has 0 amide bonds. The van der Waals surface area contributed by atoms with E-state index < -0.39 is 0 Å². The van der Waals surface area contributed by atoms with Gasteiger partial charge in [0, 0.05) is 27.8 Å². The molecule has 0 unspecified atom stereocenters. The third-order valence-corrected chi connectivity index (χ3v) is 7.96. The van der Waals surface area contributed by atoms with Gasteiger partial charge in [0.05, 0.1) is 11.2 Å². The maximum Gasteiger partial charge on any atom is 0.169 e. The van der Waals surface area contributed by atoms with Gasteiger partial charge in [-0.1, -0.05) is 127 Å². The Hall–Kier alpha value is -5.87. The Balaban J connectivity index is 1.24. The molecule has 0 aliphatic rings. The maximum absolute atomic E-state index is 4.88. The number of hydrogen-bond donors (Lipinski definition) is 0. The molecular formula is C39H26N4. The predicted octanol–water partition coefficient (Wildman–Crippen LogP) is 9.64. The van der Waals surface area contributed by atoms with E-state index in [1.54, 1.807) is 0 Å². The molecule has 4 heteroatoms. The number of benzene rings is 6. The van der Waals surface area contributed by atoms with Crippen molar-refractivity contribution in [1.82, 2.24) is 19.7 Å². The Morgan fingerprint density at radius 3 is 1.79 bits per heavy atom. The van der Waals surface area contributed by atoms with Crippen molar-refractivity contribution in [3.8, 4) is 50.8 Å². The van der Waals surface area contributed by atoms with Crippen LogP contribution in [0.4, 0.5) is 0 Å². The standard InChI is InChI=1S/C39H26N4/c1-3-12-30(13-4-1)38-41-42-39(43(38)31-14-5-2-6-15-31)35-25-24-32(33-16-8-9-17-34(33)35)27-19-21-29(22-20-27)37-26-23-28-11-7-10-18-36(28)40-37/h1-26H. The van der Waals surface area contributed by atoms with Gasteiger partial charge in [-0.25, -0.2) is 4.98 Å². The second-order valence-electron chi connectivity index (χ2n) is 10.6. The zero-order valence-electron chi connectivity index (χ0n) is 23.3. The summed E-state index contributed by atoms with van der Waals surface area (Å²) < 4.78 is 2.15. The summed E-state index contributed by atoms with van der Waals surface area (Å²) in [6, 6.07) is 54.6. The molecule has 0 aliphatic heterocycles. The predicted molar refractivity (Wildman–Crippen MR) is 176 cm³/mol. The number of rotatable bonds is 5. The number of nitrogens with zero attached hydrogens (tertiary/aromatic N) is 4. The van der Waals surface area contributed by atoms with Gasteiger partial charge in [-0.05, 0) is 52.2 Å². The zero-order chi connectivity index (χ0) is 28.6. The lowest BCUT2D eigenvalue weighted by atomic mass is 9.94. The second-order valence-corrected chi connectivity index (χ2v) is 10.6. The Bertz CT molecular complexity index is 2220. The van der Waals surface area contributed by atoms with Gasteiger partial charge in [0.1, 0.15) is 0 Å². The van der Waals surface area contributed by atoms with Gasteiger partial charge in [0.25, 0.3) is 0 Å². The zero-order valence-corrected chi connectivity index (χ0v) is 23.3. The monoisotopic (exact) mass is 550 g/mol. The molecule has 0 radical (unpaired) electrons. The van der Waals surface area contributed by atoms with E-state index in [1.807, 2.05) is 48.5 Å². The molecule has 4 nitrogen and oxygen atoms in total. The van der Waals surface area contributed by atoms with Crippen LogP contribution >= 0.6 is 0 Å². The molecule has 202 valence electrons. The lowest BCUT2D eigenvalue weighted by molar-refractivity contribution is 1.07. The minimum Gasteiger partial charge on any atom is -0.275 e. The Kier molecular flexibility index (Phi) is 6.08. The molecule has 0 fully saturated rings. The highest BCUT2D eigenvalue weighted by Gasteiger charge is 2.20. The van der Waals surface area contributed by atoms with Gasteiger partial charge in [0.15, 0.2) is 11.6 Å². The Labute approximate surface area is 249 Å². The van der Waals surface area contributed by atoms with Crippen molar-refractivity contribution < 1.29 is 0 Å². The van der Waals surface area contributed by atoms with E-state index >= 15 is 0 Å². The highest BCUT2D eigenvalue weighted by Crippen LogP contribution is 2.37. The van der Waals surface area contributed by atoms with Crippen LogP contribution < -0.4 is 0 Å². The Morgan fingerprint density at radius 1 is 0.395 bits per heavy atom. The molecule has 0 spiro atoms. The van der Waals surface area contributed by atoms with E-state index in [2.05, 4.69) is 114 Å². The van der Waals surface area contributed by atoms with Gasteiger partial charge in [-0.15, -0.1) is 10.2 Å². The van der Waals surface area contributed by atoms with E-state index in [1.165, 1.54) is 10.9 Å². The molecule has 8 rings (SSSR count). The van der Waals surface area contributed by atoms with E-state index in [4.69, 9.17) is 15.2 Å². The van der Waals surface area contributed by atoms with Crippen molar-refractivity contribution in [3.05, 3.63) is 158 Å². The van der Waals surface area contributed by atoms with Crippen LogP contribution in [0.15, 0.2) is 158 Å². The smallest absolute Gasteiger partial charge is 0.169 e. The van der Waals surface area contributed by atoms with Crippen LogP contribution in [0.3, 0.4) is 0 Å². The first-order chi connectivity index (χ1) is 21.3. The van der Waals surface area contributed by atoms with Gasteiger partial charge in [-0.3, -0.25) is 4.57 Å². The summed E-state index contributed by atoms with van der Waals surface area (Å²) in [6.07, 6.45) is 0. The molecule has 0 bridgehead atoms. The number of fused-ring (bicyclic) bond motifs is 2. The number of pyridine rings is 1. The van der Waals surface area contributed by atoms with E-state index in [-0.39, 0.29) is 0 Å². The number of aromatic nitrogens is 4. The number of hydrogen-bond acceptors (Lipinski definition) is 3. The molecule has 0 N–H and O–H groups in total. The van der Waals surface area contributed by atoms with Crippen molar-refractivity contribution in [2.24, 2.45) is 0 Å². The molecule has 0 atom stereocenters. The minimum absolute atomic E-state index is 0.811. The van der Waals surface area contributed by atoms with E-state index in [0.717, 1.165) is 61.6 Å². The quantitative estimate of drug-likeness (QED) is 0.214.